The first-order chi connectivity index (χ1) is 8.45. The van der Waals surface area contributed by atoms with Crippen LogP contribution < -0.4 is 0 Å². The Kier molecular flexibility index (Phi) is 5.55. The van der Waals surface area contributed by atoms with Gasteiger partial charge in [-0.25, -0.2) is 0 Å². The summed E-state index contributed by atoms with van der Waals surface area (Å²) < 4.78 is 0. The second-order valence-corrected chi connectivity index (χ2v) is 6.25. The van der Waals surface area contributed by atoms with Crippen LogP contribution in [0.4, 0.5) is 0 Å². The Morgan fingerprint density at radius 2 is 1.56 bits per heavy atom. The SMILES string of the molecule is CCCCCC(=O)C1CCC(C(=O)CC)C1(C)C. The Morgan fingerprint density at radius 3 is 2.06 bits per heavy atom. The van der Waals surface area contributed by atoms with Crippen molar-refractivity contribution >= 4 is 11.6 Å². The minimum absolute atomic E-state index is 0.0997. The molecule has 0 radical (unpaired) electrons. The average Bonchev–Trinajstić information content (AvgIpc) is 2.64. The molecule has 1 saturated carbocycles. The largest absolute Gasteiger partial charge is 0.299 e. The van der Waals surface area contributed by atoms with E-state index in [1.165, 1.54) is 0 Å². The van der Waals surface area contributed by atoms with E-state index in [2.05, 4.69) is 20.8 Å². The number of hydrogen-bond donors (Lipinski definition) is 0. The van der Waals surface area contributed by atoms with Gasteiger partial charge in [-0.3, -0.25) is 9.59 Å². The summed E-state index contributed by atoms with van der Waals surface area (Å²) in [6, 6.07) is 0. The molecule has 0 aromatic rings. The third-order valence-corrected chi connectivity index (χ3v) is 4.69. The Morgan fingerprint density at radius 1 is 1.00 bits per heavy atom. The van der Waals surface area contributed by atoms with E-state index < -0.39 is 0 Å². The van der Waals surface area contributed by atoms with Gasteiger partial charge in [0.15, 0.2) is 0 Å². The molecule has 0 bridgehead atoms. The van der Waals surface area contributed by atoms with Crippen molar-refractivity contribution in [1.29, 1.82) is 0 Å². The van der Waals surface area contributed by atoms with Crippen LogP contribution in [0.1, 0.15) is 72.6 Å². The quantitative estimate of drug-likeness (QED) is 0.637. The first kappa shape index (κ1) is 15.4. The molecule has 0 spiro atoms. The smallest absolute Gasteiger partial charge is 0.136 e. The van der Waals surface area contributed by atoms with E-state index in [-0.39, 0.29) is 17.3 Å². The first-order valence-corrected chi connectivity index (χ1v) is 7.50. The standard InChI is InChI=1S/C16H28O2/c1-5-7-8-9-15(18)13-11-10-12(14(17)6-2)16(13,3)4/h12-13H,5-11H2,1-4H3. The van der Waals surface area contributed by atoms with Crippen molar-refractivity contribution in [2.45, 2.75) is 72.6 Å². The molecule has 0 aliphatic heterocycles. The number of carbonyl (C=O) groups is 2. The predicted octanol–water partition coefficient (Wildman–Crippen LogP) is 4.17. The summed E-state index contributed by atoms with van der Waals surface area (Å²) in [6.45, 7) is 8.30. The highest BCUT2D eigenvalue weighted by Gasteiger charge is 2.48. The fourth-order valence-corrected chi connectivity index (χ4v) is 3.44. The van der Waals surface area contributed by atoms with Crippen LogP contribution in [0.2, 0.25) is 0 Å². The van der Waals surface area contributed by atoms with Crippen molar-refractivity contribution < 1.29 is 9.59 Å². The van der Waals surface area contributed by atoms with Crippen LogP contribution >= 0.6 is 0 Å². The molecule has 2 unspecified atom stereocenters. The first-order valence-electron chi connectivity index (χ1n) is 7.50. The monoisotopic (exact) mass is 252 g/mol. The molecule has 0 amide bonds. The van der Waals surface area contributed by atoms with Gasteiger partial charge >= 0.3 is 0 Å². The zero-order chi connectivity index (χ0) is 13.8. The zero-order valence-electron chi connectivity index (χ0n) is 12.4. The maximum atomic E-state index is 12.3. The summed E-state index contributed by atoms with van der Waals surface area (Å²) in [7, 11) is 0. The van der Waals surface area contributed by atoms with E-state index in [1.807, 2.05) is 6.92 Å². The topological polar surface area (TPSA) is 34.1 Å². The van der Waals surface area contributed by atoms with E-state index in [0.29, 0.717) is 24.4 Å². The molecule has 1 aliphatic carbocycles. The highest BCUT2D eigenvalue weighted by molar-refractivity contribution is 5.86. The van der Waals surface area contributed by atoms with Crippen molar-refractivity contribution in [2.24, 2.45) is 17.3 Å². The molecule has 0 N–H and O–H groups in total. The van der Waals surface area contributed by atoms with Crippen molar-refractivity contribution in [3.05, 3.63) is 0 Å². The van der Waals surface area contributed by atoms with E-state index in [4.69, 9.17) is 0 Å². The van der Waals surface area contributed by atoms with Crippen LogP contribution in [-0.2, 0) is 9.59 Å². The van der Waals surface area contributed by atoms with Crippen LogP contribution in [0.5, 0.6) is 0 Å². The van der Waals surface area contributed by atoms with Gasteiger partial charge in [0, 0.05) is 24.7 Å². The Hall–Kier alpha value is -0.660. The van der Waals surface area contributed by atoms with Crippen LogP contribution in [0.15, 0.2) is 0 Å². The Balaban J connectivity index is 2.63. The summed E-state index contributed by atoms with van der Waals surface area (Å²) in [6.07, 6.45) is 6.42. The second kappa shape index (κ2) is 6.49. The minimum Gasteiger partial charge on any atom is -0.299 e. The van der Waals surface area contributed by atoms with Gasteiger partial charge in [-0.2, -0.15) is 0 Å². The molecule has 2 nitrogen and oxygen atoms in total. The van der Waals surface area contributed by atoms with Crippen molar-refractivity contribution in [3.63, 3.8) is 0 Å². The lowest BCUT2D eigenvalue weighted by Crippen LogP contribution is -2.34. The summed E-state index contributed by atoms with van der Waals surface area (Å²) in [5.74, 6) is 0.932. The Bertz CT molecular complexity index is 304. The highest BCUT2D eigenvalue weighted by Crippen LogP contribution is 2.49. The number of rotatable bonds is 7. The normalized spacial score (nSPS) is 26.2. The van der Waals surface area contributed by atoms with Gasteiger partial charge in [0.05, 0.1) is 0 Å². The van der Waals surface area contributed by atoms with Gasteiger partial charge in [-0.1, -0.05) is 40.5 Å². The number of hydrogen-bond acceptors (Lipinski definition) is 2. The third kappa shape index (κ3) is 3.21. The van der Waals surface area contributed by atoms with Crippen molar-refractivity contribution in [2.75, 3.05) is 0 Å². The van der Waals surface area contributed by atoms with Crippen molar-refractivity contribution in [1.82, 2.24) is 0 Å². The fourth-order valence-electron chi connectivity index (χ4n) is 3.44. The van der Waals surface area contributed by atoms with Gasteiger partial charge in [0.25, 0.3) is 0 Å². The molecule has 1 fully saturated rings. The lowest BCUT2D eigenvalue weighted by atomic mass is 9.71. The van der Waals surface area contributed by atoms with Crippen LogP contribution in [0.3, 0.4) is 0 Å². The fraction of sp³-hybridized carbons (Fsp3) is 0.875. The molecule has 1 rings (SSSR count). The number of ketones is 2. The zero-order valence-corrected chi connectivity index (χ0v) is 12.4. The molecule has 1 aliphatic rings. The van der Waals surface area contributed by atoms with Crippen LogP contribution in [0.25, 0.3) is 0 Å². The van der Waals surface area contributed by atoms with E-state index >= 15 is 0 Å². The predicted molar refractivity (Wildman–Crippen MR) is 74.4 cm³/mol. The molecule has 0 saturated heterocycles. The maximum absolute atomic E-state index is 12.3. The molecular weight excluding hydrogens is 224 g/mol. The minimum atomic E-state index is -0.129. The second-order valence-electron chi connectivity index (χ2n) is 6.25. The molecule has 0 aromatic carbocycles. The number of Topliss-reactive ketones (excluding diaryl/α,β-unsaturated/α-hetero) is 2. The molecule has 2 heteroatoms. The van der Waals surface area contributed by atoms with Crippen LogP contribution in [0, 0.1) is 17.3 Å². The van der Waals surface area contributed by atoms with E-state index in [1.54, 1.807) is 0 Å². The van der Waals surface area contributed by atoms with Gasteiger partial charge in [0.1, 0.15) is 11.6 Å². The summed E-state index contributed by atoms with van der Waals surface area (Å²) in [4.78, 5) is 24.2. The molecule has 0 heterocycles. The Labute approximate surface area is 112 Å². The number of unbranched alkanes of at least 4 members (excludes halogenated alkanes) is 2. The van der Waals surface area contributed by atoms with Gasteiger partial charge < -0.3 is 0 Å². The van der Waals surface area contributed by atoms with E-state index in [0.717, 1.165) is 32.1 Å². The maximum Gasteiger partial charge on any atom is 0.136 e. The number of carbonyl (C=O) groups excluding carboxylic acids is 2. The van der Waals surface area contributed by atoms with Gasteiger partial charge in [-0.05, 0) is 24.7 Å². The molecular formula is C16H28O2. The molecule has 104 valence electrons. The summed E-state index contributed by atoms with van der Waals surface area (Å²) in [5, 5.41) is 0. The summed E-state index contributed by atoms with van der Waals surface area (Å²) >= 11 is 0. The van der Waals surface area contributed by atoms with Gasteiger partial charge in [0.2, 0.25) is 0 Å². The highest BCUT2D eigenvalue weighted by atomic mass is 16.1. The molecule has 2 atom stereocenters. The molecule has 0 aromatic heterocycles. The van der Waals surface area contributed by atoms with Gasteiger partial charge in [-0.15, -0.1) is 0 Å². The third-order valence-electron chi connectivity index (χ3n) is 4.69. The van der Waals surface area contributed by atoms with Crippen LogP contribution in [-0.4, -0.2) is 11.6 Å². The summed E-state index contributed by atoms with van der Waals surface area (Å²) in [5.41, 5.74) is -0.129. The van der Waals surface area contributed by atoms with Crippen molar-refractivity contribution in [3.8, 4) is 0 Å². The lowest BCUT2D eigenvalue weighted by Gasteiger charge is -2.31. The average molecular weight is 252 g/mol. The molecule has 18 heavy (non-hydrogen) atoms. The lowest BCUT2D eigenvalue weighted by molar-refractivity contribution is -0.129. The van der Waals surface area contributed by atoms with E-state index in [9.17, 15) is 9.59 Å².